The van der Waals surface area contributed by atoms with Crippen LogP contribution in [0.15, 0.2) is 11.4 Å². The number of methoxy groups -OCH3 is 1. The average molecular weight is 216 g/mol. The molecule has 4 nitrogen and oxygen atoms in total. The van der Waals surface area contributed by atoms with Gasteiger partial charge in [0.15, 0.2) is 5.11 Å². The van der Waals surface area contributed by atoms with Gasteiger partial charge in [0.2, 0.25) is 0 Å². The van der Waals surface area contributed by atoms with E-state index in [2.05, 4.69) is 22.3 Å². The van der Waals surface area contributed by atoms with Gasteiger partial charge in [0.1, 0.15) is 0 Å². The molecule has 0 aromatic carbocycles. The van der Waals surface area contributed by atoms with E-state index < -0.39 is 0 Å². The summed E-state index contributed by atoms with van der Waals surface area (Å²) >= 11 is 5.98. The van der Waals surface area contributed by atoms with E-state index in [1.807, 2.05) is 0 Å². The van der Waals surface area contributed by atoms with Crippen molar-refractivity contribution >= 4 is 39.6 Å². The third-order valence-electron chi connectivity index (χ3n) is 1.27. The summed E-state index contributed by atoms with van der Waals surface area (Å²) in [6, 6.07) is 1.63. The van der Waals surface area contributed by atoms with Gasteiger partial charge in [-0.2, -0.15) is 0 Å². The maximum atomic E-state index is 11.0. The van der Waals surface area contributed by atoms with Gasteiger partial charge in [-0.1, -0.05) is 0 Å². The second-order valence-corrected chi connectivity index (χ2v) is 3.53. The fraction of sp³-hybridized carbons (Fsp3) is 0.143. The Morgan fingerprint density at radius 2 is 2.46 bits per heavy atom. The second-order valence-electron chi connectivity index (χ2n) is 2.18. The molecule has 0 radical (unpaired) electrons. The monoisotopic (exact) mass is 216 g/mol. The number of carbonyl (C=O) groups excluding carboxylic acids is 1. The number of hydrogen-bond acceptors (Lipinski definition) is 4. The van der Waals surface area contributed by atoms with Gasteiger partial charge in [0, 0.05) is 5.38 Å². The number of esters is 1. The van der Waals surface area contributed by atoms with E-state index in [4.69, 9.17) is 5.73 Å². The van der Waals surface area contributed by atoms with Crippen molar-refractivity contribution in [3.63, 3.8) is 0 Å². The maximum Gasteiger partial charge on any atom is 0.338 e. The molecular weight excluding hydrogens is 208 g/mol. The normalized spacial score (nSPS) is 9.31. The molecule has 0 fully saturated rings. The van der Waals surface area contributed by atoms with Crippen LogP contribution in [0.4, 0.5) is 5.00 Å². The Kier molecular flexibility index (Phi) is 3.21. The van der Waals surface area contributed by atoms with E-state index >= 15 is 0 Å². The predicted octanol–water partition coefficient (Wildman–Crippen LogP) is 1.19. The molecule has 3 N–H and O–H groups in total. The Hall–Kier alpha value is -1.14. The summed E-state index contributed by atoms with van der Waals surface area (Å²) in [6.45, 7) is 0. The first-order chi connectivity index (χ1) is 6.13. The first kappa shape index (κ1) is 9.94. The van der Waals surface area contributed by atoms with E-state index in [1.165, 1.54) is 18.4 Å². The Labute approximate surface area is 84.7 Å². The molecule has 0 aliphatic carbocycles. The Morgan fingerprint density at radius 3 is 3.00 bits per heavy atom. The van der Waals surface area contributed by atoms with Crippen LogP contribution in [0.25, 0.3) is 0 Å². The minimum atomic E-state index is -0.368. The van der Waals surface area contributed by atoms with Gasteiger partial charge in [-0.15, -0.1) is 11.3 Å². The zero-order valence-electron chi connectivity index (χ0n) is 6.87. The van der Waals surface area contributed by atoms with Gasteiger partial charge in [-0.25, -0.2) is 4.79 Å². The lowest BCUT2D eigenvalue weighted by Crippen LogP contribution is -2.18. The van der Waals surface area contributed by atoms with Crippen molar-refractivity contribution in [2.45, 2.75) is 0 Å². The summed E-state index contributed by atoms with van der Waals surface area (Å²) in [4.78, 5) is 11.0. The van der Waals surface area contributed by atoms with Crippen molar-refractivity contribution in [3.8, 4) is 0 Å². The molecule has 0 bridgehead atoms. The van der Waals surface area contributed by atoms with E-state index in [-0.39, 0.29) is 11.1 Å². The topological polar surface area (TPSA) is 64.3 Å². The highest BCUT2D eigenvalue weighted by Crippen LogP contribution is 2.20. The molecule has 0 spiro atoms. The molecule has 1 heterocycles. The quantitative estimate of drug-likeness (QED) is 0.574. The third kappa shape index (κ3) is 2.67. The first-order valence-electron chi connectivity index (χ1n) is 3.37. The number of anilines is 1. The summed E-state index contributed by atoms with van der Waals surface area (Å²) in [5.74, 6) is -0.368. The molecule has 6 heteroatoms. The van der Waals surface area contributed by atoms with Gasteiger partial charge in [0.05, 0.1) is 17.7 Å². The van der Waals surface area contributed by atoms with Crippen molar-refractivity contribution in [1.82, 2.24) is 0 Å². The zero-order valence-corrected chi connectivity index (χ0v) is 8.50. The fourth-order valence-corrected chi connectivity index (χ4v) is 1.70. The average Bonchev–Trinajstić information content (AvgIpc) is 2.50. The molecule has 0 aliphatic heterocycles. The van der Waals surface area contributed by atoms with Gasteiger partial charge in [0.25, 0.3) is 0 Å². The smallest absolute Gasteiger partial charge is 0.338 e. The molecule has 0 saturated carbocycles. The molecule has 0 atom stereocenters. The lowest BCUT2D eigenvalue weighted by molar-refractivity contribution is 0.0601. The molecule has 1 rings (SSSR count). The summed E-state index contributed by atoms with van der Waals surface area (Å²) in [7, 11) is 1.33. The minimum Gasteiger partial charge on any atom is -0.465 e. The van der Waals surface area contributed by atoms with Crippen molar-refractivity contribution in [1.29, 1.82) is 0 Å². The maximum absolute atomic E-state index is 11.0. The van der Waals surface area contributed by atoms with Crippen LogP contribution in [-0.2, 0) is 4.74 Å². The second kappa shape index (κ2) is 4.20. The van der Waals surface area contributed by atoms with E-state index in [1.54, 1.807) is 11.4 Å². The van der Waals surface area contributed by atoms with Crippen LogP contribution in [0.5, 0.6) is 0 Å². The number of carbonyl (C=O) groups is 1. The molecule has 13 heavy (non-hydrogen) atoms. The Bertz CT molecular complexity index is 335. The Balaban J connectivity index is 2.74. The van der Waals surface area contributed by atoms with Crippen LogP contribution in [-0.4, -0.2) is 18.2 Å². The molecule has 0 aliphatic rings. The summed E-state index contributed by atoms with van der Waals surface area (Å²) in [5.41, 5.74) is 5.75. The number of thiophene rings is 1. The SMILES string of the molecule is COC(=O)c1csc(NC(N)=S)c1. The number of thiocarbonyl (C=S) groups is 1. The number of ether oxygens (including phenoxy) is 1. The summed E-state index contributed by atoms with van der Waals surface area (Å²) < 4.78 is 4.53. The molecule has 0 unspecified atom stereocenters. The van der Waals surface area contributed by atoms with Gasteiger partial charge in [-0.3, -0.25) is 0 Å². The molecular formula is C7H8N2O2S2. The summed E-state index contributed by atoms with van der Waals surface area (Å²) in [6.07, 6.45) is 0. The predicted molar refractivity (Wildman–Crippen MR) is 56.1 cm³/mol. The van der Waals surface area contributed by atoms with Crippen LogP contribution in [0.3, 0.4) is 0 Å². The van der Waals surface area contributed by atoms with Crippen LogP contribution in [0.2, 0.25) is 0 Å². The number of nitrogens with one attached hydrogen (secondary N) is 1. The van der Waals surface area contributed by atoms with E-state index in [0.717, 1.165) is 5.00 Å². The van der Waals surface area contributed by atoms with Crippen LogP contribution in [0, 0.1) is 0 Å². The summed E-state index contributed by atoms with van der Waals surface area (Å²) in [5, 5.41) is 5.31. The molecule has 1 aromatic rings. The lowest BCUT2D eigenvalue weighted by Gasteiger charge is -1.96. The number of hydrogen-bond donors (Lipinski definition) is 2. The molecule has 0 amide bonds. The highest BCUT2D eigenvalue weighted by molar-refractivity contribution is 7.80. The number of rotatable bonds is 2. The zero-order chi connectivity index (χ0) is 9.84. The van der Waals surface area contributed by atoms with E-state index in [0.29, 0.717) is 5.56 Å². The van der Waals surface area contributed by atoms with Gasteiger partial charge in [-0.05, 0) is 18.3 Å². The molecule has 0 saturated heterocycles. The van der Waals surface area contributed by atoms with Gasteiger partial charge >= 0.3 is 5.97 Å². The number of nitrogens with two attached hydrogens (primary N) is 1. The van der Waals surface area contributed by atoms with Crippen molar-refractivity contribution in [3.05, 3.63) is 17.0 Å². The Morgan fingerprint density at radius 1 is 1.77 bits per heavy atom. The van der Waals surface area contributed by atoms with Crippen molar-refractivity contribution in [2.24, 2.45) is 5.73 Å². The standard InChI is InChI=1S/C7H8N2O2S2/c1-11-6(10)4-2-5(13-3-4)9-7(8)12/h2-3H,1H3,(H3,8,9,12). The van der Waals surface area contributed by atoms with E-state index in [9.17, 15) is 4.79 Å². The first-order valence-corrected chi connectivity index (χ1v) is 4.65. The lowest BCUT2D eigenvalue weighted by atomic mass is 10.3. The van der Waals surface area contributed by atoms with Crippen molar-refractivity contribution < 1.29 is 9.53 Å². The van der Waals surface area contributed by atoms with Crippen LogP contribution < -0.4 is 11.1 Å². The fourth-order valence-electron chi connectivity index (χ4n) is 0.748. The van der Waals surface area contributed by atoms with Crippen LogP contribution in [0.1, 0.15) is 10.4 Å². The highest BCUT2D eigenvalue weighted by Gasteiger charge is 2.08. The van der Waals surface area contributed by atoms with Gasteiger partial charge < -0.3 is 15.8 Å². The molecule has 1 aromatic heterocycles. The van der Waals surface area contributed by atoms with Crippen molar-refractivity contribution in [2.75, 3.05) is 12.4 Å². The minimum absolute atomic E-state index is 0.179. The highest BCUT2D eigenvalue weighted by atomic mass is 32.1. The van der Waals surface area contributed by atoms with Crippen LogP contribution >= 0.6 is 23.6 Å². The largest absolute Gasteiger partial charge is 0.465 e. The molecule has 70 valence electrons. The third-order valence-corrected chi connectivity index (χ3v) is 2.21.